The number of methoxy groups -OCH3 is 2. The molecule has 2 amide bonds. The third-order valence-electron chi connectivity index (χ3n) is 3.80. The lowest BCUT2D eigenvalue weighted by atomic mass is 10.1. The van der Waals surface area contributed by atoms with Gasteiger partial charge in [0.15, 0.2) is 5.11 Å². The van der Waals surface area contributed by atoms with Crippen LogP contribution in [-0.4, -0.2) is 66.5 Å². The van der Waals surface area contributed by atoms with Crippen LogP contribution in [0, 0.1) is 0 Å². The molecule has 1 aromatic carbocycles. The number of nitrogens with one attached hydrogen (secondary N) is 1. The predicted molar refractivity (Wildman–Crippen MR) is 94.1 cm³/mol. The van der Waals surface area contributed by atoms with Crippen LogP contribution in [0.4, 0.5) is 5.69 Å². The number of likely N-dealkylation sites (N-methyl/N-ethyl adjacent to an activating group) is 1. The molecular weight excluding hydrogens is 346 g/mol. The highest BCUT2D eigenvalue weighted by molar-refractivity contribution is 7.80. The van der Waals surface area contributed by atoms with E-state index in [1.807, 2.05) is 0 Å². The normalized spacial score (nSPS) is 16.8. The van der Waals surface area contributed by atoms with E-state index in [-0.39, 0.29) is 29.9 Å². The highest BCUT2D eigenvalue weighted by atomic mass is 32.1. The zero-order valence-corrected chi connectivity index (χ0v) is 15.0. The van der Waals surface area contributed by atoms with Crippen LogP contribution in [0.15, 0.2) is 24.3 Å². The molecule has 1 N–H and O–H groups in total. The lowest BCUT2D eigenvalue weighted by Gasteiger charge is -2.22. The van der Waals surface area contributed by atoms with Crippen molar-refractivity contribution in [2.75, 3.05) is 33.1 Å². The molecule has 134 valence electrons. The van der Waals surface area contributed by atoms with Gasteiger partial charge in [-0.15, -0.1) is 0 Å². The lowest BCUT2D eigenvalue weighted by Crippen LogP contribution is -2.41. The summed E-state index contributed by atoms with van der Waals surface area (Å²) < 4.78 is 9.67. The molecule has 1 saturated heterocycles. The highest BCUT2D eigenvalue weighted by Gasteiger charge is 2.42. The molecule has 1 unspecified atom stereocenters. The summed E-state index contributed by atoms with van der Waals surface area (Å²) in [4.78, 5) is 38.8. The summed E-state index contributed by atoms with van der Waals surface area (Å²) in [6.07, 6.45) is -0.133. The molecule has 1 aliphatic rings. The predicted octanol–water partition coefficient (Wildman–Crippen LogP) is 0.624. The quantitative estimate of drug-likeness (QED) is 0.584. The Kier molecular flexibility index (Phi) is 5.92. The van der Waals surface area contributed by atoms with Crippen molar-refractivity contribution in [1.29, 1.82) is 0 Å². The van der Waals surface area contributed by atoms with Gasteiger partial charge in [-0.25, -0.2) is 0 Å². The highest BCUT2D eigenvalue weighted by Crippen LogP contribution is 2.21. The number of benzene rings is 1. The van der Waals surface area contributed by atoms with Crippen molar-refractivity contribution in [3.63, 3.8) is 0 Å². The number of anilines is 1. The van der Waals surface area contributed by atoms with E-state index in [2.05, 4.69) is 10.1 Å². The standard InChI is InChI=1S/C16H19N3O5S/c1-18-15(22)12(19(16(18)25)9-14(21)24-3)8-13(20)17-10-4-6-11(23-2)7-5-10/h4-7,12H,8-9H2,1-3H3,(H,17,20). The van der Waals surface area contributed by atoms with E-state index in [9.17, 15) is 14.4 Å². The van der Waals surface area contributed by atoms with E-state index in [0.717, 1.165) is 0 Å². The fourth-order valence-electron chi connectivity index (χ4n) is 2.42. The number of rotatable bonds is 6. The Bertz CT molecular complexity index is 692. The summed E-state index contributed by atoms with van der Waals surface area (Å²) in [5.74, 6) is -0.568. The average Bonchev–Trinajstić information content (AvgIpc) is 2.80. The number of carbonyl (C=O) groups is 3. The first-order chi connectivity index (χ1) is 11.9. The van der Waals surface area contributed by atoms with Crippen LogP contribution in [0.2, 0.25) is 0 Å². The fraction of sp³-hybridized carbons (Fsp3) is 0.375. The van der Waals surface area contributed by atoms with Crippen molar-refractivity contribution >= 4 is 40.8 Å². The van der Waals surface area contributed by atoms with Crippen LogP contribution in [0.25, 0.3) is 0 Å². The summed E-state index contributed by atoms with van der Waals surface area (Å²) in [5.41, 5.74) is 0.576. The van der Waals surface area contributed by atoms with Gasteiger partial charge in [0, 0.05) is 12.7 Å². The topological polar surface area (TPSA) is 88.2 Å². The van der Waals surface area contributed by atoms with Gasteiger partial charge >= 0.3 is 5.97 Å². The largest absolute Gasteiger partial charge is 0.497 e. The maximum Gasteiger partial charge on any atom is 0.325 e. The Balaban J connectivity index is 2.06. The van der Waals surface area contributed by atoms with E-state index >= 15 is 0 Å². The van der Waals surface area contributed by atoms with Crippen molar-refractivity contribution in [2.24, 2.45) is 0 Å². The summed E-state index contributed by atoms with van der Waals surface area (Å²) in [5, 5.41) is 2.90. The molecule has 0 spiro atoms. The Morgan fingerprint density at radius 2 is 1.88 bits per heavy atom. The molecular formula is C16H19N3O5S. The van der Waals surface area contributed by atoms with Crippen LogP contribution < -0.4 is 10.1 Å². The van der Waals surface area contributed by atoms with Gasteiger partial charge in [-0.1, -0.05) is 0 Å². The van der Waals surface area contributed by atoms with Crippen molar-refractivity contribution in [3.8, 4) is 5.75 Å². The number of ether oxygens (including phenoxy) is 2. The van der Waals surface area contributed by atoms with Gasteiger partial charge in [-0.2, -0.15) is 0 Å². The van der Waals surface area contributed by atoms with Crippen LogP contribution >= 0.6 is 12.2 Å². The molecule has 0 aromatic heterocycles. The van der Waals surface area contributed by atoms with Gasteiger partial charge in [0.1, 0.15) is 18.3 Å². The number of carbonyl (C=O) groups excluding carboxylic acids is 3. The van der Waals surface area contributed by atoms with Gasteiger partial charge < -0.3 is 19.7 Å². The number of nitrogens with zero attached hydrogens (tertiary/aromatic N) is 2. The smallest absolute Gasteiger partial charge is 0.325 e. The minimum Gasteiger partial charge on any atom is -0.497 e. The third-order valence-corrected chi connectivity index (χ3v) is 4.31. The number of thiocarbonyl (C=S) groups is 1. The molecule has 2 rings (SSSR count). The van der Waals surface area contributed by atoms with Gasteiger partial charge in [0.05, 0.1) is 20.6 Å². The Morgan fingerprint density at radius 3 is 2.44 bits per heavy atom. The van der Waals surface area contributed by atoms with Gasteiger partial charge in [0.25, 0.3) is 5.91 Å². The molecule has 0 saturated carbocycles. The van der Waals surface area contributed by atoms with E-state index in [1.54, 1.807) is 31.4 Å². The molecule has 25 heavy (non-hydrogen) atoms. The first kappa shape index (κ1) is 18.7. The SMILES string of the molecule is COC(=O)CN1C(=S)N(C)C(=O)C1CC(=O)Nc1ccc(OC)cc1. The number of hydrogen-bond donors (Lipinski definition) is 1. The number of amides is 2. The minimum atomic E-state index is -0.838. The van der Waals surface area contributed by atoms with Crippen LogP contribution in [0.3, 0.4) is 0 Å². The lowest BCUT2D eigenvalue weighted by molar-refractivity contribution is -0.141. The molecule has 1 aromatic rings. The molecule has 1 atom stereocenters. The van der Waals surface area contributed by atoms with Gasteiger partial charge in [0.2, 0.25) is 5.91 Å². The number of hydrogen-bond acceptors (Lipinski definition) is 6. The molecule has 0 radical (unpaired) electrons. The second-order valence-corrected chi connectivity index (χ2v) is 5.75. The second kappa shape index (κ2) is 7.93. The maximum atomic E-state index is 12.3. The molecule has 8 nitrogen and oxygen atoms in total. The van der Waals surface area contributed by atoms with Gasteiger partial charge in [-0.05, 0) is 36.5 Å². The Labute approximate surface area is 150 Å². The summed E-state index contributed by atoms with van der Waals surface area (Å²) >= 11 is 5.17. The Morgan fingerprint density at radius 1 is 1.24 bits per heavy atom. The van der Waals surface area contributed by atoms with E-state index in [4.69, 9.17) is 17.0 Å². The molecule has 0 bridgehead atoms. The van der Waals surface area contributed by atoms with E-state index in [1.165, 1.54) is 24.0 Å². The van der Waals surface area contributed by atoms with Gasteiger partial charge in [-0.3, -0.25) is 19.3 Å². The summed E-state index contributed by atoms with van der Waals surface area (Å²) in [6.45, 7) is -0.189. The zero-order chi connectivity index (χ0) is 18.6. The maximum absolute atomic E-state index is 12.3. The molecule has 0 aliphatic carbocycles. The van der Waals surface area contributed by atoms with Crippen LogP contribution in [-0.2, 0) is 19.1 Å². The first-order valence-electron chi connectivity index (χ1n) is 7.46. The second-order valence-electron chi connectivity index (χ2n) is 5.38. The van der Waals surface area contributed by atoms with Crippen molar-refractivity contribution < 1.29 is 23.9 Å². The van der Waals surface area contributed by atoms with E-state index < -0.39 is 12.0 Å². The van der Waals surface area contributed by atoms with Crippen molar-refractivity contribution in [2.45, 2.75) is 12.5 Å². The summed E-state index contributed by atoms with van der Waals surface area (Å²) in [6, 6.07) is 5.97. The van der Waals surface area contributed by atoms with Crippen molar-refractivity contribution in [1.82, 2.24) is 9.80 Å². The third kappa shape index (κ3) is 4.24. The number of esters is 1. The average molecular weight is 365 g/mol. The zero-order valence-electron chi connectivity index (χ0n) is 14.1. The minimum absolute atomic E-state index is 0.133. The molecule has 1 fully saturated rings. The monoisotopic (exact) mass is 365 g/mol. The van der Waals surface area contributed by atoms with Crippen LogP contribution in [0.1, 0.15) is 6.42 Å². The molecule has 9 heteroatoms. The van der Waals surface area contributed by atoms with Crippen LogP contribution in [0.5, 0.6) is 5.75 Å². The van der Waals surface area contributed by atoms with E-state index in [0.29, 0.717) is 11.4 Å². The molecule has 1 heterocycles. The Hall–Kier alpha value is -2.68. The molecule has 1 aliphatic heterocycles. The fourth-order valence-corrected chi connectivity index (χ4v) is 2.70. The summed E-state index contributed by atoms with van der Waals surface area (Å²) in [7, 11) is 4.31. The van der Waals surface area contributed by atoms with Crippen molar-refractivity contribution in [3.05, 3.63) is 24.3 Å². The first-order valence-corrected chi connectivity index (χ1v) is 7.87.